The minimum atomic E-state index is -5.16. The van der Waals surface area contributed by atoms with Gasteiger partial charge in [0.2, 0.25) is 0 Å². The van der Waals surface area contributed by atoms with E-state index in [1.54, 1.807) is 0 Å². The van der Waals surface area contributed by atoms with Crippen molar-refractivity contribution in [1.82, 2.24) is 0 Å². The molecule has 0 aliphatic rings. The van der Waals surface area contributed by atoms with E-state index < -0.39 is 53.0 Å². The Morgan fingerprint density at radius 1 is 0.750 bits per heavy atom. The molecule has 0 unspecified atom stereocenters. The average Bonchev–Trinajstić information content (AvgIpc) is 2.76. The van der Waals surface area contributed by atoms with Gasteiger partial charge in [0.05, 0.1) is 12.2 Å². The lowest BCUT2D eigenvalue weighted by atomic mass is 9.94. The Bertz CT molecular complexity index is 1140. The van der Waals surface area contributed by atoms with Crippen molar-refractivity contribution in [1.29, 1.82) is 0 Å². The van der Waals surface area contributed by atoms with Crippen LogP contribution in [0, 0.1) is 37.1 Å². The molecule has 3 aromatic carbocycles. The molecular formula is C25H21F9O2. The first-order chi connectivity index (χ1) is 16.8. The highest BCUT2D eigenvalue weighted by atomic mass is 19.4. The van der Waals surface area contributed by atoms with Crippen LogP contribution in [0.1, 0.15) is 35.6 Å². The van der Waals surface area contributed by atoms with E-state index in [4.69, 9.17) is 4.74 Å². The maximum Gasteiger partial charge on any atom is 0.422 e. The summed E-state index contributed by atoms with van der Waals surface area (Å²) < 4.78 is 118. The molecule has 0 heterocycles. The Labute approximate surface area is 201 Å². The van der Waals surface area contributed by atoms with E-state index in [1.807, 2.05) is 32.9 Å². The predicted octanol–water partition coefficient (Wildman–Crippen LogP) is 8.75. The van der Waals surface area contributed by atoms with E-state index in [2.05, 4.69) is 4.94 Å². The number of hydrogen-bond acceptors (Lipinski definition) is 2. The van der Waals surface area contributed by atoms with Crippen LogP contribution in [0.3, 0.4) is 0 Å². The molecule has 0 atom stereocenters. The van der Waals surface area contributed by atoms with Crippen LogP contribution in [-0.4, -0.2) is 6.61 Å². The third-order valence-corrected chi connectivity index (χ3v) is 4.93. The lowest BCUT2D eigenvalue weighted by molar-refractivity contribution is -0.142. The lowest BCUT2D eigenvalue weighted by Crippen LogP contribution is -2.11. The molecule has 11 heteroatoms. The maximum absolute atomic E-state index is 13.8. The van der Waals surface area contributed by atoms with Gasteiger partial charge in [-0.2, -0.15) is 13.2 Å². The smallest absolute Gasteiger partial charge is 0.422 e. The van der Waals surface area contributed by atoms with Crippen molar-refractivity contribution in [3.63, 3.8) is 0 Å². The Morgan fingerprint density at radius 3 is 1.64 bits per heavy atom. The summed E-state index contributed by atoms with van der Waals surface area (Å²) in [5, 5.41) is 0. The van der Waals surface area contributed by atoms with E-state index in [0.717, 1.165) is 28.9 Å². The zero-order valence-corrected chi connectivity index (χ0v) is 19.3. The standard InChI is InChI=1S/C18H19F3O.C7H2F6O/c1-4-5-22-14-6-11(2)18(12(3)7-14)13-8-16(20)15(10-19)17(21)9-13;8-4-1-3(14-13)2-5(9)6(4)7(10,11)12/h6-9H,4-5,10H2,1-3H3;1-2H. The first-order valence-electron chi connectivity index (χ1n) is 10.5. The summed E-state index contributed by atoms with van der Waals surface area (Å²) in [4.78, 5) is 2.90. The number of alkyl halides is 4. The third-order valence-electron chi connectivity index (χ3n) is 4.93. The fourth-order valence-electron chi connectivity index (χ4n) is 3.42. The van der Waals surface area contributed by atoms with Gasteiger partial charge >= 0.3 is 6.18 Å². The van der Waals surface area contributed by atoms with Crippen molar-refractivity contribution in [3.8, 4) is 22.6 Å². The molecule has 0 aliphatic heterocycles. The Morgan fingerprint density at radius 2 is 1.25 bits per heavy atom. The van der Waals surface area contributed by atoms with Gasteiger partial charge in [-0.05, 0) is 66.8 Å². The Kier molecular flexibility index (Phi) is 9.66. The van der Waals surface area contributed by atoms with Crippen LogP contribution in [-0.2, 0) is 12.9 Å². The normalized spacial score (nSPS) is 11.1. The van der Waals surface area contributed by atoms with Crippen molar-refractivity contribution in [2.75, 3.05) is 6.61 Å². The molecule has 0 fully saturated rings. The summed E-state index contributed by atoms with van der Waals surface area (Å²) in [7, 11) is 0. The average molecular weight is 524 g/mol. The first kappa shape index (κ1) is 28.9. The molecule has 0 radical (unpaired) electrons. The van der Waals surface area contributed by atoms with Crippen molar-refractivity contribution in [2.45, 2.75) is 40.0 Å². The molecule has 0 bridgehead atoms. The van der Waals surface area contributed by atoms with Crippen molar-refractivity contribution in [3.05, 3.63) is 81.9 Å². The van der Waals surface area contributed by atoms with E-state index in [-0.39, 0.29) is 12.1 Å². The van der Waals surface area contributed by atoms with Crippen LogP contribution in [0.5, 0.6) is 11.5 Å². The van der Waals surface area contributed by atoms with Gasteiger partial charge in [0.25, 0.3) is 0 Å². The largest absolute Gasteiger partial charge is 0.494 e. The molecule has 0 aromatic heterocycles. The zero-order valence-electron chi connectivity index (χ0n) is 19.3. The van der Waals surface area contributed by atoms with Gasteiger partial charge in [0.1, 0.15) is 41.3 Å². The molecule has 3 aromatic rings. The van der Waals surface area contributed by atoms with E-state index >= 15 is 0 Å². The van der Waals surface area contributed by atoms with Crippen molar-refractivity contribution >= 4 is 0 Å². The van der Waals surface area contributed by atoms with Gasteiger partial charge in [0, 0.05) is 16.7 Å². The predicted molar refractivity (Wildman–Crippen MR) is 115 cm³/mol. The highest BCUT2D eigenvalue weighted by Crippen LogP contribution is 2.35. The SMILES string of the molecule is CCCOc1cc(C)c(-c2cc(F)c(CF)c(F)c2)c(C)c1.FOc1cc(F)c(C(F)(F)F)c(F)c1. The molecule has 196 valence electrons. The summed E-state index contributed by atoms with van der Waals surface area (Å²) in [5.41, 5.74) is 0.271. The van der Waals surface area contributed by atoms with Crippen molar-refractivity contribution < 1.29 is 49.3 Å². The number of ether oxygens (including phenoxy) is 1. The van der Waals surface area contributed by atoms with E-state index in [1.165, 1.54) is 12.1 Å². The van der Waals surface area contributed by atoms with Gasteiger partial charge in [-0.15, -0.1) is 0 Å². The number of halogens is 9. The fraction of sp³-hybridized carbons (Fsp3) is 0.280. The summed E-state index contributed by atoms with van der Waals surface area (Å²) in [6.07, 6.45) is -4.26. The Balaban J connectivity index is 0.000000281. The van der Waals surface area contributed by atoms with Gasteiger partial charge in [-0.25, -0.2) is 22.0 Å². The molecule has 36 heavy (non-hydrogen) atoms. The molecule has 0 amide bonds. The zero-order chi connectivity index (χ0) is 27.2. The van der Waals surface area contributed by atoms with Crippen LogP contribution in [0.25, 0.3) is 11.1 Å². The van der Waals surface area contributed by atoms with Crippen LogP contribution in [0.2, 0.25) is 0 Å². The molecular weight excluding hydrogens is 503 g/mol. The lowest BCUT2D eigenvalue weighted by Gasteiger charge is -2.14. The summed E-state index contributed by atoms with van der Waals surface area (Å²) >= 11 is 0. The van der Waals surface area contributed by atoms with Crippen LogP contribution < -0.4 is 9.68 Å². The van der Waals surface area contributed by atoms with Gasteiger partial charge in [-0.3, -0.25) is 4.94 Å². The minimum Gasteiger partial charge on any atom is -0.494 e. The van der Waals surface area contributed by atoms with Gasteiger partial charge in [0.15, 0.2) is 5.75 Å². The third kappa shape index (κ3) is 6.86. The summed E-state index contributed by atoms with van der Waals surface area (Å²) in [6.45, 7) is 5.21. The minimum absolute atomic E-state index is 0.103. The molecule has 0 aliphatic carbocycles. The number of benzene rings is 3. The second-order valence-corrected chi connectivity index (χ2v) is 7.67. The topological polar surface area (TPSA) is 18.5 Å². The van der Waals surface area contributed by atoms with Crippen molar-refractivity contribution in [2.24, 2.45) is 0 Å². The van der Waals surface area contributed by atoms with Gasteiger partial charge in [-0.1, -0.05) is 6.92 Å². The molecule has 0 N–H and O–H groups in total. The van der Waals surface area contributed by atoms with Crippen LogP contribution in [0.15, 0.2) is 36.4 Å². The maximum atomic E-state index is 13.8. The molecule has 3 rings (SSSR count). The summed E-state index contributed by atoms with van der Waals surface area (Å²) in [5.74, 6) is -5.80. The first-order valence-corrected chi connectivity index (χ1v) is 10.5. The molecule has 2 nitrogen and oxygen atoms in total. The number of hydrogen-bond donors (Lipinski definition) is 0. The van der Waals surface area contributed by atoms with Gasteiger partial charge < -0.3 is 4.74 Å². The second kappa shape index (κ2) is 12.0. The molecule has 0 spiro atoms. The monoisotopic (exact) mass is 524 g/mol. The quantitative estimate of drug-likeness (QED) is 0.300. The summed E-state index contributed by atoms with van der Waals surface area (Å²) in [6, 6.07) is 6.26. The number of aryl methyl sites for hydroxylation is 2. The molecule has 0 saturated carbocycles. The number of rotatable bonds is 6. The highest BCUT2D eigenvalue weighted by molar-refractivity contribution is 5.72. The fourth-order valence-corrected chi connectivity index (χ4v) is 3.42. The van der Waals surface area contributed by atoms with Crippen LogP contribution in [0.4, 0.5) is 39.6 Å². The van der Waals surface area contributed by atoms with Crippen LogP contribution >= 0.6 is 0 Å². The van der Waals surface area contributed by atoms with E-state index in [9.17, 15) is 39.6 Å². The second-order valence-electron chi connectivity index (χ2n) is 7.67. The highest BCUT2D eigenvalue weighted by Gasteiger charge is 2.38. The molecule has 0 saturated heterocycles. The Hall–Kier alpha value is -3.37. The van der Waals surface area contributed by atoms with E-state index in [0.29, 0.717) is 12.2 Å².